The first-order valence-electron chi connectivity index (χ1n) is 31.8. The summed E-state index contributed by atoms with van der Waals surface area (Å²) in [6.07, 6.45) is 32.0. The third kappa shape index (κ3) is 13.0. The summed E-state index contributed by atoms with van der Waals surface area (Å²) in [6, 6.07) is 15.7. The summed E-state index contributed by atoms with van der Waals surface area (Å²) in [4.78, 5) is 82.1. The number of amides is 2. The van der Waals surface area contributed by atoms with E-state index in [1.807, 2.05) is 81.1 Å². The van der Waals surface area contributed by atoms with Crippen LogP contribution in [0.4, 0.5) is 0 Å². The molecule has 2 aromatic heterocycles. The molecule has 2 heterocycles. The summed E-state index contributed by atoms with van der Waals surface area (Å²) < 4.78 is 11.7. The second-order valence-electron chi connectivity index (χ2n) is 27.6. The number of rotatable bonds is 18. The summed E-state index contributed by atoms with van der Waals surface area (Å²) >= 11 is 0. The summed E-state index contributed by atoms with van der Waals surface area (Å²) in [6.45, 7) is 13.7. The minimum atomic E-state index is -1.10. The Morgan fingerprint density at radius 1 is 0.541 bits per heavy atom. The van der Waals surface area contributed by atoms with E-state index < -0.39 is 41.8 Å². The molecule has 0 radical (unpaired) electrons. The Hall–Kier alpha value is -6.70. The van der Waals surface area contributed by atoms with E-state index in [1.54, 1.807) is 0 Å². The van der Waals surface area contributed by atoms with Crippen LogP contribution in [0, 0.1) is 63.1 Å². The molecule has 4 fully saturated rings. The molecular weight excluding hydrogens is 1070 g/mol. The highest BCUT2D eigenvalue weighted by molar-refractivity contribution is 5.87. The van der Waals surface area contributed by atoms with Gasteiger partial charge in [0.2, 0.25) is 11.8 Å². The number of pyridine rings is 2. The lowest BCUT2D eigenvalue weighted by atomic mass is 9.47. The number of hydrogen-bond acceptors (Lipinski definition) is 10. The van der Waals surface area contributed by atoms with Crippen molar-refractivity contribution < 1.29 is 48.5 Å². The molecule has 11 rings (SSSR count). The third-order valence-corrected chi connectivity index (χ3v) is 22.2. The number of carbonyl (C=O) groups is 6. The second-order valence-corrected chi connectivity index (χ2v) is 27.6. The topological polar surface area (TPSA) is 211 Å². The normalized spacial score (nSPS) is 32.1. The molecule has 85 heavy (non-hydrogen) atoms. The third-order valence-electron chi connectivity index (χ3n) is 22.2. The van der Waals surface area contributed by atoms with Gasteiger partial charge in [-0.1, -0.05) is 119 Å². The minimum absolute atomic E-state index is 0.0378. The van der Waals surface area contributed by atoms with E-state index >= 15 is 0 Å². The largest absolute Gasteiger partial charge is 0.480 e. The molecule has 4 saturated carbocycles. The molecule has 14 nitrogen and oxygen atoms in total. The molecule has 0 bridgehead atoms. The minimum Gasteiger partial charge on any atom is -0.480 e. The molecule has 3 aromatic rings. The summed E-state index contributed by atoms with van der Waals surface area (Å²) in [7, 11) is 0. The lowest BCUT2D eigenvalue weighted by molar-refractivity contribution is -0.153. The van der Waals surface area contributed by atoms with E-state index in [2.05, 4.69) is 84.7 Å². The van der Waals surface area contributed by atoms with Crippen LogP contribution in [0.1, 0.15) is 180 Å². The number of carbonyl (C=O) groups excluding carboxylic acids is 4. The molecule has 4 N–H and O–H groups in total. The quantitative estimate of drug-likeness (QED) is 0.0692. The Balaban J connectivity index is 0.000000190. The van der Waals surface area contributed by atoms with Crippen LogP contribution in [-0.4, -0.2) is 80.2 Å². The van der Waals surface area contributed by atoms with Gasteiger partial charge in [-0.25, -0.2) is 9.59 Å². The predicted molar refractivity (Wildman–Crippen MR) is 326 cm³/mol. The van der Waals surface area contributed by atoms with Gasteiger partial charge in [-0.05, 0) is 187 Å². The number of carboxylic acids is 2. The van der Waals surface area contributed by atoms with Crippen molar-refractivity contribution in [2.24, 2.45) is 63.1 Å². The van der Waals surface area contributed by atoms with Crippen molar-refractivity contribution in [3.05, 3.63) is 132 Å². The highest BCUT2D eigenvalue weighted by Crippen LogP contribution is 2.68. The lowest BCUT2D eigenvalue weighted by Crippen LogP contribution is -2.50. The molecule has 0 spiro atoms. The van der Waals surface area contributed by atoms with Crippen LogP contribution in [0.3, 0.4) is 0 Å². The average Bonchev–Trinajstić information content (AvgIpc) is 3.25. The fourth-order valence-corrected chi connectivity index (χ4v) is 17.7. The van der Waals surface area contributed by atoms with E-state index in [0.29, 0.717) is 41.9 Å². The number of carboxylic acid groups (broad SMARTS) is 2. The maximum atomic E-state index is 12.8. The molecule has 454 valence electrons. The molecule has 0 saturated heterocycles. The lowest BCUT2D eigenvalue weighted by Gasteiger charge is -2.57. The van der Waals surface area contributed by atoms with Crippen molar-refractivity contribution in [2.75, 3.05) is 0 Å². The van der Waals surface area contributed by atoms with Crippen LogP contribution in [0.5, 0.6) is 0 Å². The first-order valence-corrected chi connectivity index (χ1v) is 31.8. The van der Waals surface area contributed by atoms with Crippen molar-refractivity contribution in [1.82, 2.24) is 20.6 Å². The van der Waals surface area contributed by atoms with Gasteiger partial charge in [-0.3, -0.25) is 29.1 Å². The van der Waals surface area contributed by atoms with Crippen LogP contribution in [-0.2, 0) is 44.7 Å². The van der Waals surface area contributed by atoms with Gasteiger partial charge in [-0.2, -0.15) is 0 Å². The maximum Gasteiger partial charge on any atom is 0.326 e. The summed E-state index contributed by atoms with van der Waals surface area (Å²) in [5, 5.41) is 24.0. The van der Waals surface area contributed by atoms with Crippen LogP contribution < -0.4 is 10.6 Å². The van der Waals surface area contributed by atoms with Crippen molar-refractivity contribution >= 4 is 46.8 Å². The highest BCUT2D eigenvalue weighted by atomic mass is 16.5. The van der Waals surface area contributed by atoms with Crippen molar-refractivity contribution in [2.45, 2.75) is 194 Å². The number of nitrogens with zero attached hydrogens (tertiary/aromatic N) is 2. The van der Waals surface area contributed by atoms with E-state index in [9.17, 15) is 39.0 Å². The van der Waals surface area contributed by atoms with Gasteiger partial charge in [0.05, 0.1) is 12.8 Å². The van der Waals surface area contributed by atoms with E-state index in [1.165, 1.54) is 59.1 Å². The van der Waals surface area contributed by atoms with Gasteiger partial charge >= 0.3 is 23.9 Å². The van der Waals surface area contributed by atoms with Crippen LogP contribution in [0.15, 0.2) is 115 Å². The summed E-state index contributed by atoms with van der Waals surface area (Å²) in [5.41, 5.74) is 9.87. The fourth-order valence-electron chi connectivity index (χ4n) is 17.7. The Bertz CT molecular complexity index is 3080. The van der Waals surface area contributed by atoms with Crippen molar-refractivity contribution in [3.8, 4) is 0 Å². The zero-order valence-corrected chi connectivity index (χ0v) is 50.9. The average molecular weight is 1160 g/mol. The fraction of sp³-hybridized carbons (Fsp3) is 0.577. The van der Waals surface area contributed by atoms with Crippen LogP contribution in [0.2, 0.25) is 0 Å². The van der Waals surface area contributed by atoms with E-state index in [4.69, 9.17) is 9.47 Å². The number of allylic oxidation sites excluding steroid dienone is 6. The highest BCUT2D eigenvalue weighted by Gasteiger charge is 2.59. The molecular formula is C71H90N4O10. The first kappa shape index (κ1) is 61.4. The molecule has 1 aromatic carbocycles. The zero-order chi connectivity index (χ0) is 60.3. The first-order chi connectivity index (χ1) is 40.7. The van der Waals surface area contributed by atoms with Gasteiger partial charge in [0.1, 0.15) is 24.3 Å². The number of fused-ring (bicyclic) bond motifs is 10. The van der Waals surface area contributed by atoms with Gasteiger partial charge in [0.15, 0.2) is 0 Å². The Morgan fingerprint density at radius 2 is 0.988 bits per heavy atom. The van der Waals surface area contributed by atoms with E-state index in [0.717, 1.165) is 69.8 Å². The molecule has 0 unspecified atom stereocenters. The molecule has 8 aliphatic carbocycles. The second kappa shape index (κ2) is 25.7. The Morgan fingerprint density at radius 3 is 1.41 bits per heavy atom. The predicted octanol–water partition coefficient (Wildman–Crippen LogP) is 12.9. The molecule has 14 atom stereocenters. The molecule has 2 amide bonds. The number of esters is 2. The van der Waals surface area contributed by atoms with Crippen LogP contribution >= 0.6 is 0 Å². The number of aromatic nitrogens is 2. The molecule has 14 heteroatoms. The summed E-state index contributed by atoms with van der Waals surface area (Å²) in [5.74, 6) is 0.217. The van der Waals surface area contributed by atoms with Crippen molar-refractivity contribution in [3.63, 3.8) is 0 Å². The monoisotopic (exact) mass is 1160 g/mol. The zero-order valence-electron chi connectivity index (χ0n) is 50.9. The molecule has 8 aliphatic rings. The number of hydrogen-bond donors (Lipinski definition) is 4. The SMILES string of the molecule is CC(C)C[C@H](NC(=O)CCC(=O)O[C@H]1CC[C@@]2(C)C(=CC[C@@H]3[C@@H]2CC[C@]2(C)C(c4cccnc4)=CC[C@@H]32)C1)C(=O)O.C[C@]12CC[C@H](OC(=O)CCC(=O)N[C@@H](Cc3ccccc3)C(=O)O)CC1=CC[C@@H]1[C@@H]2CC[C@]2(C)C(c3cccnc3)=CC[C@@H]12. The van der Waals surface area contributed by atoms with E-state index in [-0.39, 0.29) is 77.9 Å². The standard InChI is InChI=1S/C37H44N2O5.C34H46N2O5/c1-36-18-16-27(44-34(41)15-14-33(40)39-32(35(42)43)21-24-7-4-3-5-8-24)22-26(36)10-11-28-30-13-12-29(25-9-6-20-38-23-25)37(30,2)19-17-31(28)36;1-21(2)18-29(32(39)40)36-30(37)11-12-31(38)41-24-13-15-33(3)23(19-24)7-8-25-27-10-9-26(22-6-5-17-35-20-22)34(27,4)16-14-28(25)33/h3-10,12,20,23,27-28,30-32H,11,13-19,21-22H2,1-2H3,(H,39,40)(H,42,43);5-7,9,17,20-21,24-25,27-29H,8,10-16,18-19H2,1-4H3,(H,36,37)(H,39,40)/t27-,28-,30-,31-,32-,36-,37+;24-,25-,27-,28-,29-,33-,34+/m00/s1. The number of nitrogens with one attached hydrogen (secondary N) is 2. The van der Waals surface area contributed by atoms with Gasteiger partial charge in [0.25, 0.3) is 0 Å². The number of benzene rings is 1. The molecule has 0 aliphatic heterocycles. The maximum absolute atomic E-state index is 12.8. The van der Waals surface area contributed by atoms with Gasteiger partial charge < -0.3 is 30.3 Å². The number of aliphatic carboxylic acids is 2. The van der Waals surface area contributed by atoms with Crippen LogP contribution in [0.25, 0.3) is 11.1 Å². The van der Waals surface area contributed by atoms with Crippen molar-refractivity contribution in [1.29, 1.82) is 0 Å². The Labute approximate surface area is 502 Å². The van der Waals surface area contributed by atoms with Gasteiger partial charge in [0, 0.05) is 56.9 Å². The smallest absolute Gasteiger partial charge is 0.326 e. The number of ether oxygens (including phenoxy) is 2. The van der Waals surface area contributed by atoms with Gasteiger partial charge in [-0.15, -0.1) is 0 Å². The Kier molecular flexibility index (Phi) is 18.6.